The summed E-state index contributed by atoms with van der Waals surface area (Å²) < 4.78 is 1.90. The molecule has 1 aliphatic rings. The molecule has 3 heterocycles. The summed E-state index contributed by atoms with van der Waals surface area (Å²) in [6.07, 6.45) is 4.50. The molecule has 3 N–H and O–H groups in total. The fourth-order valence-corrected chi connectivity index (χ4v) is 2.06. The molecule has 0 saturated carbocycles. The van der Waals surface area contributed by atoms with E-state index in [2.05, 4.69) is 25.1 Å². The molecule has 1 atom stereocenters. The van der Waals surface area contributed by atoms with Gasteiger partial charge in [0.1, 0.15) is 5.69 Å². The lowest BCUT2D eigenvalue weighted by Gasteiger charge is -2.11. The zero-order chi connectivity index (χ0) is 11.8. The summed E-state index contributed by atoms with van der Waals surface area (Å²) in [5.74, 6) is 1.45. The van der Waals surface area contributed by atoms with E-state index in [1.54, 1.807) is 12.5 Å². The highest BCUT2D eigenvalue weighted by Crippen LogP contribution is 2.19. The summed E-state index contributed by atoms with van der Waals surface area (Å²) in [5.41, 5.74) is 6.79. The van der Waals surface area contributed by atoms with Crippen LogP contribution in [-0.2, 0) is 7.05 Å². The minimum Gasteiger partial charge on any atom is -0.338 e. The number of hydrogen-bond donors (Lipinski definition) is 2. The fraction of sp³-hybridized carbons (Fsp3) is 0.500. The smallest absolute Gasteiger partial charge is 0.245 e. The molecule has 0 bridgehead atoms. The predicted octanol–water partition coefficient (Wildman–Crippen LogP) is -0.257. The highest BCUT2D eigenvalue weighted by atomic mass is 15.4. The minimum absolute atomic E-state index is 0.230. The van der Waals surface area contributed by atoms with Crippen LogP contribution < -0.4 is 10.6 Å². The van der Waals surface area contributed by atoms with E-state index in [1.165, 1.54) is 0 Å². The molecule has 2 aromatic rings. The zero-order valence-electron chi connectivity index (χ0n) is 9.67. The van der Waals surface area contributed by atoms with Crippen LogP contribution in [0.15, 0.2) is 12.5 Å². The molecule has 0 radical (unpaired) electrons. The van der Waals surface area contributed by atoms with Crippen molar-refractivity contribution in [3.8, 4) is 11.5 Å². The summed E-state index contributed by atoms with van der Waals surface area (Å²) >= 11 is 0. The van der Waals surface area contributed by atoms with E-state index in [1.807, 2.05) is 11.6 Å². The Morgan fingerprint density at radius 1 is 1.53 bits per heavy atom. The molecule has 0 aliphatic carbocycles. The van der Waals surface area contributed by atoms with Gasteiger partial charge in [-0.05, 0) is 6.42 Å². The van der Waals surface area contributed by atoms with Crippen LogP contribution in [0.25, 0.3) is 11.5 Å². The highest BCUT2D eigenvalue weighted by molar-refractivity contribution is 5.51. The molecule has 3 rings (SSSR count). The molecule has 0 spiro atoms. The van der Waals surface area contributed by atoms with Crippen molar-refractivity contribution < 1.29 is 0 Å². The molecule has 7 nitrogen and oxygen atoms in total. The Labute approximate surface area is 98.7 Å². The molecule has 1 fully saturated rings. The van der Waals surface area contributed by atoms with Crippen LogP contribution in [0.1, 0.15) is 6.42 Å². The van der Waals surface area contributed by atoms with Crippen molar-refractivity contribution in [2.24, 2.45) is 12.8 Å². The van der Waals surface area contributed by atoms with Gasteiger partial charge < -0.3 is 15.2 Å². The molecule has 1 unspecified atom stereocenters. The van der Waals surface area contributed by atoms with Gasteiger partial charge in [-0.1, -0.05) is 0 Å². The second-order valence-electron chi connectivity index (χ2n) is 4.37. The molecule has 17 heavy (non-hydrogen) atoms. The SMILES string of the molecule is Cn1cncc1-c1nc(N2CCC(N)C2)n[nH]1. The Hall–Kier alpha value is -1.89. The zero-order valence-corrected chi connectivity index (χ0v) is 9.67. The third-order valence-electron chi connectivity index (χ3n) is 3.04. The van der Waals surface area contributed by atoms with Crippen molar-refractivity contribution in [1.82, 2.24) is 24.7 Å². The van der Waals surface area contributed by atoms with E-state index in [4.69, 9.17) is 5.73 Å². The van der Waals surface area contributed by atoms with Gasteiger partial charge in [-0.15, -0.1) is 5.10 Å². The minimum atomic E-state index is 0.230. The van der Waals surface area contributed by atoms with Crippen LogP contribution in [-0.4, -0.2) is 43.9 Å². The van der Waals surface area contributed by atoms with Crippen molar-refractivity contribution in [2.75, 3.05) is 18.0 Å². The van der Waals surface area contributed by atoms with Crippen molar-refractivity contribution in [3.63, 3.8) is 0 Å². The van der Waals surface area contributed by atoms with Gasteiger partial charge >= 0.3 is 0 Å². The van der Waals surface area contributed by atoms with E-state index >= 15 is 0 Å². The van der Waals surface area contributed by atoms with E-state index in [0.29, 0.717) is 5.95 Å². The van der Waals surface area contributed by atoms with Gasteiger partial charge in [0.25, 0.3) is 0 Å². The largest absolute Gasteiger partial charge is 0.338 e. The maximum Gasteiger partial charge on any atom is 0.245 e. The van der Waals surface area contributed by atoms with E-state index in [-0.39, 0.29) is 6.04 Å². The molecule has 90 valence electrons. The van der Waals surface area contributed by atoms with Gasteiger partial charge in [-0.25, -0.2) is 4.98 Å². The lowest BCUT2D eigenvalue weighted by molar-refractivity contribution is 0.750. The predicted molar refractivity (Wildman–Crippen MR) is 63.4 cm³/mol. The van der Waals surface area contributed by atoms with Crippen LogP contribution in [0.5, 0.6) is 0 Å². The van der Waals surface area contributed by atoms with Crippen molar-refractivity contribution in [2.45, 2.75) is 12.5 Å². The number of aromatic nitrogens is 5. The first-order chi connectivity index (χ1) is 8.24. The second kappa shape index (κ2) is 3.85. The topological polar surface area (TPSA) is 88.7 Å². The Morgan fingerprint density at radius 3 is 3.06 bits per heavy atom. The van der Waals surface area contributed by atoms with Gasteiger partial charge in [0.2, 0.25) is 5.95 Å². The lowest BCUT2D eigenvalue weighted by Crippen LogP contribution is -2.26. The number of nitrogens with one attached hydrogen (secondary N) is 1. The third-order valence-corrected chi connectivity index (χ3v) is 3.04. The third kappa shape index (κ3) is 1.78. The highest BCUT2D eigenvalue weighted by Gasteiger charge is 2.22. The molecule has 1 aliphatic heterocycles. The lowest BCUT2D eigenvalue weighted by atomic mass is 10.3. The Morgan fingerprint density at radius 2 is 2.41 bits per heavy atom. The summed E-state index contributed by atoms with van der Waals surface area (Å²) in [6.45, 7) is 1.74. The molecule has 7 heteroatoms. The van der Waals surface area contributed by atoms with Crippen LogP contribution in [0.2, 0.25) is 0 Å². The number of imidazole rings is 1. The Kier molecular flexibility index (Phi) is 2.32. The van der Waals surface area contributed by atoms with E-state index in [9.17, 15) is 0 Å². The maximum absolute atomic E-state index is 5.87. The normalized spacial score (nSPS) is 20.1. The number of aryl methyl sites for hydroxylation is 1. The fourth-order valence-electron chi connectivity index (χ4n) is 2.06. The molecule has 1 saturated heterocycles. The summed E-state index contributed by atoms with van der Waals surface area (Å²) in [4.78, 5) is 10.6. The van der Waals surface area contributed by atoms with Gasteiger partial charge in [0, 0.05) is 26.2 Å². The standard InChI is InChI=1S/C10H15N7/c1-16-6-12-4-8(16)9-13-10(15-14-9)17-3-2-7(11)5-17/h4,6-7H,2-3,5,11H2,1H3,(H,13,14,15). The molecule has 0 amide bonds. The van der Waals surface area contributed by atoms with Gasteiger partial charge in [0.15, 0.2) is 5.82 Å². The molecular formula is C10H15N7. The van der Waals surface area contributed by atoms with Crippen LogP contribution in [0, 0.1) is 0 Å². The first-order valence-electron chi connectivity index (χ1n) is 5.63. The number of nitrogens with two attached hydrogens (primary N) is 1. The number of anilines is 1. The van der Waals surface area contributed by atoms with Crippen LogP contribution >= 0.6 is 0 Å². The van der Waals surface area contributed by atoms with Crippen molar-refractivity contribution >= 4 is 5.95 Å². The van der Waals surface area contributed by atoms with E-state index < -0.39 is 0 Å². The number of rotatable bonds is 2. The van der Waals surface area contributed by atoms with Gasteiger partial charge in [0.05, 0.1) is 12.5 Å². The summed E-state index contributed by atoms with van der Waals surface area (Å²) in [7, 11) is 1.93. The Balaban J connectivity index is 1.86. The average Bonchev–Trinajstić information content (AvgIpc) is 2.97. The molecule has 2 aromatic heterocycles. The van der Waals surface area contributed by atoms with Gasteiger partial charge in [-0.2, -0.15) is 4.98 Å². The monoisotopic (exact) mass is 233 g/mol. The molecular weight excluding hydrogens is 218 g/mol. The van der Waals surface area contributed by atoms with Crippen LogP contribution in [0.4, 0.5) is 5.95 Å². The number of H-pyrrole nitrogens is 1. The van der Waals surface area contributed by atoms with Gasteiger partial charge in [-0.3, -0.25) is 5.10 Å². The summed E-state index contributed by atoms with van der Waals surface area (Å²) in [6, 6.07) is 0.230. The van der Waals surface area contributed by atoms with E-state index in [0.717, 1.165) is 31.0 Å². The number of aromatic amines is 1. The van der Waals surface area contributed by atoms with Crippen molar-refractivity contribution in [3.05, 3.63) is 12.5 Å². The quantitative estimate of drug-likeness (QED) is 0.746. The first-order valence-corrected chi connectivity index (χ1v) is 5.63. The number of hydrogen-bond acceptors (Lipinski definition) is 5. The molecule has 0 aromatic carbocycles. The Bertz CT molecular complexity index is 514. The van der Waals surface area contributed by atoms with Crippen molar-refractivity contribution in [1.29, 1.82) is 0 Å². The van der Waals surface area contributed by atoms with Crippen LogP contribution in [0.3, 0.4) is 0 Å². The maximum atomic E-state index is 5.87. The first kappa shape index (κ1) is 10.3. The average molecular weight is 233 g/mol. The number of nitrogens with zero attached hydrogens (tertiary/aromatic N) is 5. The summed E-state index contributed by atoms with van der Waals surface area (Å²) in [5, 5.41) is 7.16. The second-order valence-corrected chi connectivity index (χ2v) is 4.37.